The summed E-state index contributed by atoms with van der Waals surface area (Å²) in [5.41, 5.74) is -1.42. The molecule has 0 atom stereocenters. The molecular formula is C14H10F4O2S. The third-order valence-electron chi connectivity index (χ3n) is 2.63. The number of carbonyl (C=O) groups excluding carboxylic acids is 1. The number of ketones is 1. The smallest absolute Gasteiger partial charge is 0.419 e. The van der Waals surface area contributed by atoms with Crippen LogP contribution in [-0.4, -0.2) is 12.4 Å². The molecule has 0 N–H and O–H groups in total. The van der Waals surface area contributed by atoms with Gasteiger partial charge in [-0.15, -0.1) is 11.3 Å². The number of ether oxygens (including phenoxy) is 1. The van der Waals surface area contributed by atoms with E-state index in [1.54, 1.807) is 12.1 Å². The van der Waals surface area contributed by atoms with Crippen molar-refractivity contribution in [1.82, 2.24) is 0 Å². The highest BCUT2D eigenvalue weighted by molar-refractivity contribution is 7.14. The van der Waals surface area contributed by atoms with Crippen LogP contribution in [0.15, 0.2) is 30.3 Å². The van der Waals surface area contributed by atoms with Gasteiger partial charge in [0.1, 0.15) is 11.6 Å². The number of thiophene rings is 1. The van der Waals surface area contributed by atoms with E-state index < -0.39 is 24.2 Å². The Balaban J connectivity index is 2.09. The Labute approximate surface area is 122 Å². The van der Waals surface area contributed by atoms with Gasteiger partial charge in [0, 0.05) is 4.88 Å². The molecule has 0 amide bonds. The Morgan fingerprint density at radius 3 is 2.52 bits per heavy atom. The van der Waals surface area contributed by atoms with E-state index in [4.69, 9.17) is 4.74 Å². The summed E-state index contributed by atoms with van der Waals surface area (Å²) in [7, 11) is 0. The van der Waals surface area contributed by atoms with Crippen molar-refractivity contribution in [3.63, 3.8) is 0 Å². The molecule has 0 spiro atoms. The largest absolute Gasteiger partial charge is 0.485 e. The lowest BCUT2D eigenvalue weighted by atomic mass is 10.2. The van der Waals surface area contributed by atoms with Crippen molar-refractivity contribution in [1.29, 1.82) is 0 Å². The zero-order valence-corrected chi connectivity index (χ0v) is 11.6. The maximum atomic E-state index is 13.1. The quantitative estimate of drug-likeness (QED) is 0.614. The van der Waals surface area contributed by atoms with Crippen LogP contribution in [0.4, 0.5) is 17.6 Å². The van der Waals surface area contributed by atoms with Crippen LogP contribution in [0.2, 0.25) is 0 Å². The van der Waals surface area contributed by atoms with Crippen LogP contribution in [-0.2, 0) is 6.18 Å². The number of benzene rings is 1. The third-order valence-corrected chi connectivity index (χ3v) is 3.67. The van der Waals surface area contributed by atoms with Gasteiger partial charge in [0.2, 0.25) is 5.78 Å². The number of halogens is 4. The molecule has 2 aromatic rings. The molecule has 0 saturated heterocycles. The summed E-state index contributed by atoms with van der Waals surface area (Å²) in [6.07, 6.45) is -4.81. The van der Waals surface area contributed by atoms with Gasteiger partial charge in [0.15, 0.2) is 6.61 Å². The fraction of sp³-hybridized carbons (Fsp3) is 0.214. The van der Waals surface area contributed by atoms with Crippen molar-refractivity contribution in [2.24, 2.45) is 0 Å². The molecule has 21 heavy (non-hydrogen) atoms. The van der Waals surface area contributed by atoms with E-state index >= 15 is 0 Å². The predicted octanol–water partition coefficient (Wildman–Crippen LogP) is 4.48. The first-order valence-electron chi connectivity index (χ1n) is 5.86. The fourth-order valence-electron chi connectivity index (χ4n) is 1.62. The Morgan fingerprint density at radius 2 is 1.95 bits per heavy atom. The normalized spacial score (nSPS) is 11.5. The molecule has 2 nitrogen and oxygen atoms in total. The fourth-order valence-corrected chi connectivity index (χ4v) is 2.41. The molecule has 0 saturated carbocycles. The van der Waals surface area contributed by atoms with E-state index in [0.29, 0.717) is 17.0 Å². The molecule has 7 heteroatoms. The van der Waals surface area contributed by atoms with Gasteiger partial charge in [-0.05, 0) is 37.3 Å². The first-order valence-corrected chi connectivity index (χ1v) is 6.68. The van der Waals surface area contributed by atoms with Gasteiger partial charge in [0.05, 0.1) is 10.4 Å². The lowest BCUT2D eigenvalue weighted by molar-refractivity contribution is -0.140. The maximum absolute atomic E-state index is 13.1. The molecule has 2 rings (SSSR count). The highest BCUT2D eigenvalue weighted by Crippen LogP contribution is 2.33. The van der Waals surface area contributed by atoms with Gasteiger partial charge in [0.25, 0.3) is 0 Å². The van der Waals surface area contributed by atoms with E-state index in [-0.39, 0.29) is 11.5 Å². The summed E-state index contributed by atoms with van der Waals surface area (Å²) in [5.74, 6) is -1.92. The summed E-state index contributed by atoms with van der Waals surface area (Å²) < 4.78 is 55.7. The van der Waals surface area contributed by atoms with Crippen molar-refractivity contribution in [3.05, 3.63) is 51.5 Å². The van der Waals surface area contributed by atoms with E-state index in [2.05, 4.69) is 0 Å². The monoisotopic (exact) mass is 318 g/mol. The Kier molecular flexibility index (Phi) is 4.32. The Bertz CT molecular complexity index is 661. The highest BCUT2D eigenvalue weighted by Gasteiger charge is 2.34. The van der Waals surface area contributed by atoms with Crippen LogP contribution in [0.5, 0.6) is 5.75 Å². The van der Waals surface area contributed by atoms with Crippen molar-refractivity contribution in [2.75, 3.05) is 6.61 Å². The summed E-state index contributed by atoms with van der Waals surface area (Å²) in [5, 5.41) is 0. The minimum atomic E-state index is -4.81. The Hall–Kier alpha value is -1.89. The molecule has 0 fully saturated rings. The molecule has 1 aromatic heterocycles. The third kappa shape index (κ3) is 3.81. The zero-order chi connectivity index (χ0) is 15.6. The molecule has 0 radical (unpaired) electrons. The Morgan fingerprint density at radius 1 is 1.24 bits per heavy atom. The molecule has 0 aliphatic heterocycles. The van der Waals surface area contributed by atoms with Gasteiger partial charge in [-0.2, -0.15) is 13.2 Å². The number of hydrogen-bond donors (Lipinski definition) is 0. The number of carbonyl (C=O) groups is 1. The van der Waals surface area contributed by atoms with Crippen molar-refractivity contribution >= 4 is 17.1 Å². The van der Waals surface area contributed by atoms with E-state index in [1.165, 1.54) is 11.3 Å². The van der Waals surface area contributed by atoms with Gasteiger partial charge in [-0.3, -0.25) is 4.79 Å². The van der Waals surface area contributed by atoms with Gasteiger partial charge in [-0.25, -0.2) is 4.39 Å². The molecule has 0 aliphatic rings. The predicted molar refractivity (Wildman–Crippen MR) is 70.3 cm³/mol. The minimum absolute atomic E-state index is 0.203. The topological polar surface area (TPSA) is 26.3 Å². The highest BCUT2D eigenvalue weighted by atomic mass is 32.1. The lowest BCUT2D eigenvalue weighted by Crippen LogP contribution is -2.12. The number of alkyl halides is 3. The van der Waals surface area contributed by atoms with Crippen LogP contribution in [0.3, 0.4) is 0 Å². The average molecular weight is 318 g/mol. The van der Waals surface area contributed by atoms with Crippen LogP contribution < -0.4 is 4.74 Å². The summed E-state index contributed by atoms with van der Waals surface area (Å²) in [6.45, 7) is 1.43. The van der Waals surface area contributed by atoms with Crippen molar-refractivity contribution < 1.29 is 27.1 Å². The molecule has 1 aromatic carbocycles. The van der Waals surface area contributed by atoms with Crippen LogP contribution in [0, 0.1) is 12.7 Å². The van der Waals surface area contributed by atoms with Crippen molar-refractivity contribution in [2.45, 2.75) is 13.1 Å². The van der Waals surface area contributed by atoms with Gasteiger partial charge >= 0.3 is 6.18 Å². The molecule has 1 heterocycles. The minimum Gasteiger partial charge on any atom is -0.485 e. The molecule has 0 unspecified atom stereocenters. The number of Topliss-reactive ketones (excluding diaryl/α,β-unsaturated/α-hetero) is 1. The van der Waals surface area contributed by atoms with E-state index in [1.807, 2.05) is 6.92 Å². The number of hydrogen-bond acceptors (Lipinski definition) is 3. The lowest BCUT2D eigenvalue weighted by Gasteiger charge is -2.10. The second-order valence-electron chi connectivity index (χ2n) is 4.26. The van der Waals surface area contributed by atoms with Crippen LogP contribution in [0.1, 0.15) is 20.1 Å². The first kappa shape index (κ1) is 15.5. The van der Waals surface area contributed by atoms with Crippen molar-refractivity contribution in [3.8, 4) is 5.75 Å². The summed E-state index contributed by atoms with van der Waals surface area (Å²) in [4.78, 5) is 13.2. The molecular weight excluding hydrogens is 308 g/mol. The standard InChI is InChI=1S/C14H10F4O2S/c1-8-2-5-13(21-8)12(19)7-20-9-3-4-11(15)10(6-9)14(16,17)18/h2-6H,7H2,1H3. The second-order valence-corrected chi connectivity index (χ2v) is 5.55. The van der Waals surface area contributed by atoms with Gasteiger partial charge < -0.3 is 4.74 Å². The molecule has 0 aliphatic carbocycles. The zero-order valence-electron chi connectivity index (χ0n) is 10.8. The van der Waals surface area contributed by atoms with Gasteiger partial charge in [-0.1, -0.05) is 0 Å². The molecule has 0 bridgehead atoms. The molecule has 112 valence electrons. The maximum Gasteiger partial charge on any atom is 0.419 e. The SMILES string of the molecule is Cc1ccc(C(=O)COc2ccc(F)c(C(F)(F)F)c2)s1. The summed E-state index contributed by atoms with van der Waals surface area (Å²) >= 11 is 1.27. The van der Waals surface area contributed by atoms with E-state index in [0.717, 1.165) is 10.9 Å². The van der Waals surface area contributed by atoms with Crippen LogP contribution in [0.25, 0.3) is 0 Å². The second kappa shape index (κ2) is 5.85. The first-order chi connectivity index (χ1) is 9.77. The summed E-state index contributed by atoms with van der Waals surface area (Å²) in [6, 6.07) is 5.65. The van der Waals surface area contributed by atoms with E-state index in [9.17, 15) is 22.4 Å². The van der Waals surface area contributed by atoms with Crippen LogP contribution >= 0.6 is 11.3 Å². The average Bonchev–Trinajstić information content (AvgIpc) is 2.83. The number of rotatable bonds is 4. The number of aryl methyl sites for hydroxylation is 1.